The lowest BCUT2D eigenvalue weighted by atomic mass is 9.92. The Kier molecular flexibility index (Phi) is 9.90. The number of benzene rings is 5. The van der Waals surface area contributed by atoms with Gasteiger partial charge in [-0.3, -0.25) is 9.13 Å². The lowest BCUT2D eigenvalue weighted by Gasteiger charge is -2.26. The van der Waals surface area contributed by atoms with Crippen LogP contribution in [0, 0.1) is 0 Å². The van der Waals surface area contributed by atoms with Gasteiger partial charge in [-0.15, -0.1) is 0 Å². The molecule has 2 aromatic heterocycles. The summed E-state index contributed by atoms with van der Waals surface area (Å²) in [5.41, 5.74) is 12.4. The fourth-order valence-electron chi connectivity index (χ4n) is 7.96. The van der Waals surface area contributed by atoms with E-state index in [0.29, 0.717) is 23.7 Å². The molecule has 7 aromatic rings. The van der Waals surface area contributed by atoms with E-state index in [-0.39, 0.29) is 0 Å². The number of hydrogen-bond donors (Lipinski definition) is 0. The Hall–Kier alpha value is -5.00. The van der Waals surface area contributed by atoms with E-state index >= 15 is 0 Å². The molecule has 5 aromatic carbocycles. The first-order chi connectivity index (χ1) is 25.4. The fourth-order valence-corrected chi connectivity index (χ4v) is 10.4. The van der Waals surface area contributed by atoms with Crippen molar-refractivity contribution >= 4 is 29.5 Å². The minimum atomic E-state index is -2.19. The maximum Gasteiger partial charge on any atom is 0.145 e. The molecule has 0 saturated heterocycles. The van der Waals surface area contributed by atoms with Gasteiger partial charge in [0.1, 0.15) is 19.7 Å². The molecule has 0 aliphatic carbocycles. The summed E-state index contributed by atoms with van der Waals surface area (Å²) in [4.78, 5) is 10.3. The standard InChI is InChI=1S/C48H54N4Si/c1-31(2)39-21-15-22-40(32(3)4)45(39)51-28-27-49-47(51)35-17-13-19-37(29-35)53(9,10)38-20-14-18-36(30-38)48-50-43-25-11-12-26-44(43)52(48)46-41(33(5)6)23-16-24-42(46)34(7)8/h11-34H,1-10H3. The van der Waals surface area contributed by atoms with Gasteiger partial charge in [0.25, 0.3) is 0 Å². The van der Waals surface area contributed by atoms with Crippen molar-refractivity contribution in [3.63, 3.8) is 0 Å². The fraction of sp³-hybridized carbons (Fsp3) is 0.292. The first-order valence-electron chi connectivity index (χ1n) is 19.4. The Labute approximate surface area is 317 Å². The highest BCUT2D eigenvalue weighted by Crippen LogP contribution is 2.38. The van der Waals surface area contributed by atoms with E-state index in [0.717, 1.165) is 33.8 Å². The van der Waals surface area contributed by atoms with Crippen molar-refractivity contribution in [2.24, 2.45) is 0 Å². The van der Waals surface area contributed by atoms with Gasteiger partial charge in [0.2, 0.25) is 0 Å². The molecule has 0 amide bonds. The van der Waals surface area contributed by atoms with Crippen molar-refractivity contribution in [1.29, 1.82) is 0 Å². The molecular formula is C48H54N4Si. The molecule has 0 aliphatic rings. The normalized spacial score (nSPS) is 12.3. The first-order valence-corrected chi connectivity index (χ1v) is 22.4. The van der Waals surface area contributed by atoms with Gasteiger partial charge < -0.3 is 0 Å². The van der Waals surface area contributed by atoms with E-state index in [1.807, 2.05) is 6.20 Å². The maximum absolute atomic E-state index is 5.35. The van der Waals surface area contributed by atoms with E-state index in [9.17, 15) is 0 Å². The van der Waals surface area contributed by atoms with Crippen molar-refractivity contribution in [3.05, 3.63) is 144 Å². The summed E-state index contributed by atoms with van der Waals surface area (Å²) in [6, 6.07) is 40.5. The van der Waals surface area contributed by atoms with Gasteiger partial charge in [0, 0.05) is 23.5 Å². The van der Waals surface area contributed by atoms with E-state index in [4.69, 9.17) is 9.97 Å². The Bertz CT molecular complexity index is 2350. The SMILES string of the molecule is CC(C)c1cccc(C(C)C)c1-n1ccnc1-c1cccc([Si](C)(C)c2cccc(-c3nc4ccccc4n3-c3c(C(C)C)cccc3C(C)C)c2)c1. The Morgan fingerprint density at radius 1 is 0.509 bits per heavy atom. The largest absolute Gasteiger partial charge is 0.299 e. The van der Waals surface area contributed by atoms with Crippen LogP contribution in [0.4, 0.5) is 0 Å². The zero-order valence-corrected chi connectivity index (χ0v) is 34.1. The number of para-hydroxylation sites is 4. The van der Waals surface area contributed by atoms with Crippen LogP contribution >= 0.6 is 0 Å². The highest BCUT2D eigenvalue weighted by molar-refractivity contribution is 7.00. The molecule has 53 heavy (non-hydrogen) atoms. The zero-order chi connectivity index (χ0) is 37.6. The van der Waals surface area contributed by atoms with Crippen molar-refractivity contribution in [2.75, 3.05) is 0 Å². The molecule has 270 valence electrons. The molecule has 5 heteroatoms. The Morgan fingerprint density at radius 2 is 0.981 bits per heavy atom. The second-order valence-corrected chi connectivity index (χ2v) is 20.8. The average molecular weight is 715 g/mol. The van der Waals surface area contributed by atoms with Gasteiger partial charge in [-0.2, -0.15) is 0 Å². The number of nitrogens with zero attached hydrogens (tertiary/aromatic N) is 4. The summed E-state index contributed by atoms with van der Waals surface area (Å²) in [6.45, 7) is 23.2. The molecule has 0 N–H and O–H groups in total. The van der Waals surface area contributed by atoms with E-state index < -0.39 is 8.07 Å². The monoisotopic (exact) mass is 714 g/mol. The average Bonchev–Trinajstić information content (AvgIpc) is 3.80. The predicted octanol–water partition coefficient (Wildman–Crippen LogP) is 11.9. The molecule has 0 unspecified atom stereocenters. The molecule has 2 heterocycles. The number of imidazole rings is 2. The van der Waals surface area contributed by atoms with Gasteiger partial charge >= 0.3 is 0 Å². The van der Waals surface area contributed by atoms with E-state index in [1.165, 1.54) is 44.0 Å². The minimum absolute atomic E-state index is 0.370. The zero-order valence-electron chi connectivity index (χ0n) is 33.1. The van der Waals surface area contributed by atoms with Crippen LogP contribution in [0.3, 0.4) is 0 Å². The van der Waals surface area contributed by atoms with Crippen LogP contribution in [0.2, 0.25) is 13.1 Å². The van der Waals surface area contributed by atoms with Gasteiger partial charge in [-0.1, -0.05) is 176 Å². The van der Waals surface area contributed by atoms with Crippen LogP contribution in [0.25, 0.3) is 45.2 Å². The highest BCUT2D eigenvalue weighted by atomic mass is 28.3. The highest BCUT2D eigenvalue weighted by Gasteiger charge is 2.29. The number of fused-ring (bicyclic) bond motifs is 1. The molecule has 0 spiro atoms. The molecule has 7 rings (SSSR count). The molecule has 0 fully saturated rings. The lowest BCUT2D eigenvalue weighted by molar-refractivity contribution is 0.807. The van der Waals surface area contributed by atoms with Gasteiger partial charge in [0.05, 0.1) is 22.4 Å². The third-order valence-corrected chi connectivity index (χ3v) is 14.5. The van der Waals surface area contributed by atoms with Crippen LogP contribution in [-0.2, 0) is 0 Å². The number of aromatic nitrogens is 4. The summed E-state index contributed by atoms with van der Waals surface area (Å²) in [6.07, 6.45) is 4.08. The number of rotatable bonds is 10. The summed E-state index contributed by atoms with van der Waals surface area (Å²) in [5, 5.41) is 2.76. The molecule has 0 atom stereocenters. The summed E-state index contributed by atoms with van der Waals surface area (Å²) >= 11 is 0. The first kappa shape index (κ1) is 36.4. The molecule has 0 bridgehead atoms. The van der Waals surface area contributed by atoms with Gasteiger partial charge in [-0.05, 0) is 58.1 Å². The summed E-state index contributed by atoms with van der Waals surface area (Å²) in [5.74, 6) is 3.51. The Morgan fingerprint density at radius 3 is 1.51 bits per heavy atom. The topological polar surface area (TPSA) is 35.6 Å². The minimum Gasteiger partial charge on any atom is -0.299 e. The maximum atomic E-state index is 5.35. The van der Waals surface area contributed by atoms with Crippen molar-refractivity contribution in [3.8, 4) is 34.2 Å². The third kappa shape index (κ3) is 6.61. The second-order valence-electron chi connectivity index (χ2n) is 16.4. The second kappa shape index (κ2) is 14.4. The summed E-state index contributed by atoms with van der Waals surface area (Å²) in [7, 11) is -2.19. The van der Waals surface area contributed by atoms with Crippen molar-refractivity contribution in [1.82, 2.24) is 19.1 Å². The molecule has 4 nitrogen and oxygen atoms in total. The van der Waals surface area contributed by atoms with E-state index in [2.05, 4.69) is 193 Å². The van der Waals surface area contributed by atoms with Crippen LogP contribution in [0.5, 0.6) is 0 Å². The third-order valence-electron chi connectivity index (χ3n) is 11.0. The van der Waals surface area contributed by atoms with Crippen LogP contribution < -0.4 is 10.4 Å². The van der Waals surface area contributed by atoms with Gasteiger partial charge in [0.15, 0.2) is 0 Å². The van der Waals surface area contributed by atoms with E-state index in [1.54, 1.807) is 0 Å². The van der Waals surface area contributed by atoms with Crippen LogP contribution in [0.15, 0.2) is 122 Å². The van der Waals surface area contributed by atoms with Gasteiger partial charge in [-0.25, -0.2) is 9.97 Å². The molecule has 0 aliphatic heterocycles. The lowest BCUT2D eigenvalue weighted by Crippen LogP contribution is -2.52. The van der Waals surface area contributed by atoms with Crippen LogP contribution in [-0.4, -0.2) is 27.2 Å². The molecule has 0 saturated carbocycles. The number of hydrogen-bond acceptors (Lipinski definition) is 2. The Balaban J connectivity index is 1.35. The smallest absolute Gasteiger partial charge is 0.145 e. The summed E-state index contributed by atoms with van der Waals surface area (Å²) < 4.78 is 4.76. The molecule has 0 radical (unpaired) electrons. The van der Waals surface area contributed by atoms with Crippen LogP contribution in [0.1, 0.15) is 101 Å². The van der Waals surface area contributed by atoms with Crippen molar-refractivity contribution in [2.45, 2.75) is 92.2 Å². The molecular weight excluding hydrogens is 661 g/mol. The predicted molar refractivity (Wildman–Crippen MR) is 229 cm³/mol. The van der Waals surface area contributed by atoms with Crippen molar-refractivity contribution < 1.29 is 0 Å². The quantitative estimate of drug-likeness (QED) is 0.132.